The molecule has 0 aliphatic rings. The summed E-state index contributed by atoms with van der Waals surface area (Å²) in [5, 5.41) is 7.42. The van der Waals surface area contributed by atoms with E-state index in [9.17, 15) is 0 Å². The van der Waals surface area contributed by atoms with Gasteiger partial charge in [0, 0.05) is 6.92 Å². The van der Waals surface area contributed by atoms with Gasteiger partial charge in [0.1, 0.15) is 0 Å². The summed E-state index contributed by atoms with van der Waals surface area (Å²) in [6.07, 6.45) is 0. The number of aliphatic carboxylic acids is 1. The third-order valence-electron chi connectivity index (χ3n) is 0. The van der Waals surface area contributed by atoms with E-state index in [4.69, 9.17) is 9.90 Å². The third-order valence-corrected chi connectivity index (χ3v) is 0. The fraction of sp³-hybridized carbons (Fsp3) is 0.500. The van der Waals surface area contributed by atoms with E-state index < -0.39 is 5.97 Å². The normalized spacial score (nSPS) is 3.57. The molecule has 7 heavy (non-hydrogen) atoms. The number of carbonyl (C=O) groups is 1. The van der Waals surface area contributed by atoms with Gasteiger partial charge in [0.25, 0.3) is 5.97 Å². The Morgan fingerprint density at radius 3 is 1.43 bits per heavy atom. The minimum absolute atomic E-state index is 0. The summed E-state index contributed by atoms with van der Waals surface area (Å²) in [6, 6.07) is 0. The molecule has 0 aromatic heterocycles. The van der Waals surface area contributed by atoms with Gasteiger partial charge in [0.15, 0.2) is 0 Å². The zero-order chi connectivity index (χ0) is 3.58. The average Bonchev–Trinajstić information content (AvgIpc) is 0.811. The predicted octanol–water partition coefficient (Wildman–Crippen LogP) is -2.12. The Morgan fingerprint density at radius 2 is 1.43 bits per heavy atom. The fourth-order valence-corrected chi connectivity index (χ4v) is 0. The summed E-state index contributed by atoms with van der Waals surface area (Å²) >= 11 is 0. The second-order valence-corrected chi connectivity index (χ2v) is 0.519. The monoisotopic (exact) mass is 230 g/mol. The number of rotatable bonds is 0. The summed E-state index contributed by atoms with van der Waals surface area (Å²) in [7, 11) is 0. The van der Waals surface area contributed by atoms with E-state index in [0.29, 0.717) is 0 Å². The van der Waals surface area contributed by atoms with Gasteiger partial charge in [0.05, 0.1) is 0 Å². The van der Waals surface area contributed by atoms with Crippen LogP contribution in [0, 0.1) is 0 Å². The van der Waals surface area contributed by atoms with Crippen molar-refractivity contribution in [1.29, 1.82) is 0 Å². The molecule has 0 aliphatic carbocycles. The zero-order valence-electron chi connectivity index (χ0n) is 3.06. The van der Waals surface area contributed by atoms with Crippen LogP contribution in [-0.2, 0) is 4.79 Å². The Balaban J connectivity index is -0.0000000150. The second-order valence-electron chi connectivity index (χ2n) is 0.519. The topological polar surface area (TPSA) is 37.3 Å². The first-order valence-electron chi connectivity index (χ1n) is 0.928. The van der Waals surface area contributed by atoms with Crippen LogP contribution in [0.2, 0.25) is 0 Å². The van der Waals surface area contributed by atoms with Crippen LogP contribution in [0.15, 0.2) is 0 Å². The summed E-state index contributed by atoms with van der Waals surface area (Å²) in [5.74, 6) is -0.833. The molecule has 2 nitrogen and oxygen atoms in total. The molecule has 0 saturated carbocycles. The molecule has 0 fully saturated rings. The van der Waals surface area contributed by atoms with Crippen molar-refractivity contribution in [3.05, 3.63) is 0 Å². The molecule has 0 bridgehead atoms. The van der Waals surface area contributed by atoms with Gasteiger partial charge < -0.3 is 5.11 Å². The molecule has 2 radical (unpaired) electrons. The van der Waals surface area contributed by atoms with Crippen LogP contribution in [0.4, 0.5) is 0 Å². The Kier molecular flexibility index (Phi) is 51.3. The molecule has 34 valence electrons. The van der Waals surface area contributed by atoms with E-state index in [0.717, 1.165) is 6.92 Å². The van der Waals surface area contributed by atoms with Gasteiger partial charge in [-0.15, -0.1) is 0 Å². The van der Waals surface area contributed by atoms with Gasteiger partial charge in [-0.1, -0.05) is 0 Å². The SMILES string of the molecule is CC(=O)O.[NaH].[NaH].[SnH2]. The van der Waals surface area contributed by atoms with E-state index in [1.54, 1.807) is 0 Å². The van der Waals surface area contributed by atoms with Gasteiger partial charge in [-0.25, -0.2) is 0 Å². The molecule has 0 unspecified atom stereocenters. The van der Waals surface area contributed by atoms with E-state index >= 15 is 0 Å². The first-order chi connectivity index (χ1) is 1.73. The van der Waals surface area contributed by atoms with Crippen molar-refractivity contribution in [2.45, 2.75) is 6.92 Å². The zero-order valence-corrected chi connectivity index (χ0v) is 7.10. The molecular weight excluding hydrogens is 221 g/mol. The molecule has 0 aromatic carbocycles. The molecule has 0 aromatic rings. The van der Waals surface area contributed by atoms with Crippen LogP contribution in [0.1, 0.15) is 6.92 Å². The van der Waals surface area contributed by atoms with Crippen molar-refractivity contribution in [2.24, 2.45) is 0 Å². The van der Waals surface area contributed by atoms with E-state index in [1.165, 1.54) is 0 Å². The molecular formula is C2H8Na2O2Sn. The van der Waals surface area contributed by atoms with Crippen LogP contribution >= 0.6 is 0 Å². The Labute approximate surface area is 104 Å². The van der Waals surface area contributed by atoms with Crippen molar-refractivity contribution >= 4 is 89.0 Å². The van der Waals surface area contributed by atoms with Crippen molar-refractivity contribution in [3.8, 4) is 0 Å². The molecule has 0 atom stereocenters. The van der Waals surface area contributed by atoms with Gasteiger partial charge >= 0.3 is 83.0 Å². The molecule has 0 spiro atoms. The minimum atomic E-state index is -0.833. The first-order valence-corrected chi connectivity index (χ1v) is 0.928. The fourth-order valence-electron chi connectivity index (χ4n) is 0. The molecule has 5 heteroatoms. The van der Waals surface area contributed by atoms with Crippen molar-refractivity contribution in [3.63, 3.8) is 0 Å². The van der Waals surface area contributed by atoms with Crippen LogP contribution in [0.5, 0.6) is 0 Å². The van der Waals surface area contributed by atoms with Crippen LogP contribution < -0.4 is 0 Å². The van der Waals surface area contributed by atoms with Crippen LogP contribution in [0.25, 0.3) is 0 Å². The number of hydrogen-bond donors (Lipinski definition) is 1. The van der Waals surface area contributed by atoms with E-state index in [1.807, 2.05) is 0 Å². The summed E-state index contributed by atoms with van der Waals surface area (Å²) < 4.78 is 0. The van der Waals surface area contributed by atoms with E-state index in [2.05, 4.69) is 0 Å². The van der Waals surface area contributed by atoms with Crippen LogP contribution in [-0.4, -0.2) is 94.1 Å². The molecule has 0 saturated heterocycles. The molecule has 0 amide bonds. The average molecular weight is 229 g/mol. The summed E-state index contributed by atoms with van der Waals surface area (Å²) in [6.45, 7) is 1.08. The molecule has 0 heterocycles. The third kappa shape index (κ3) is 63.1. The second kappa shape index (κ2) is 15.7. The quantitative estimate of drug-likeness (QED) is 0.482. The summed E-state index contributed by atoms with van der Waals surface area (Å²) in [5.41, 5.74) is 0. The summed E-state index contributed by atoms with van der Waals surface area (Å²) in [4.78, 5) is 9.00. The number of carboxylic acids is 1. The Hall–Kier alpha value is 2.27. The maximum atomic E-state index is 9.00. The molecule has 0 rings (SSSR count). The number of carboxylic acid groups (broad SMARTS) is 1. The van der Waals surface area contributed by atoms with Crippen molar-refractivity contribution in [2.75, 3.05) is 0 Å². The maximum absolute atomic E-state index is 9.00. The van der Waals surface area contributed by atoms with Gasteiger partial charge in [-0.05, 0) is 0 Å². The van der Waals surface area contributed by atoms with Gasteiger partial charge in [-0.3, -0.25) is 4.79 Å². The van der Waals surface area contributed by atoms with Gasteiger partial charge in [-0.2, -0.15) is 0 Å². The first kappa shape index (κ1) is 22.8. The Bertz CT molecular complexity index is 36.7. The number of hydrogen-bond acceptors (Lipinski definition) is 1. The standard InChI is InChI=1S/C2H4O2.2Na.Sn.4H/c1-2(3)4;;;;;;;/h1H3,(H,3,4);;;;;;;. The molecule has 1 N–H and O–H groups in total. The van der Waals surface area contributed by atoms with Gasteiger partial charge in [0.2, 0.25) is 0 Å². The molecule has 0 aliphatic heterocycles. The predicted molar refractivity (Wildman–Crippen MR) is 36.2 cm³/mol. The van der Waals surface area contributed by atoms with Crippen LogP contribution in [0.3, 0.4) is 0 Å². The van der Waals surface area contributed by atoms with E-state index in [-0.39, 0.29) is 83.0 Å². The van der Waals surface area contributed by atoms with Crippen molar-refractivity contribution < 1.29 is 9.90 Å². The van der Waals surface area contributed by atoms with Crippen molar-refractivity contribution in [1.82, 2.24) is 0 Å². The Morgan fingerprint density at radius 1 is 1.43 bits per heavy atom.